The third kappa shape index (κ3) is 4.71. The fraction of sp³-hybridized carbons (Fsp3) is 0.318. The van der Waals surface area contributed by atoms with Gasteiger partial charge in [-0.1, -0.05) is 6.92 Å². The number of benzene rings is 1. The van der Waals surface area contributed by atoms with Gasteiger partial charge in [0.05, 0.1) is 11.8 Å². The highest BCUT2D eigenvalue weighted by molar-refractivity contribution is 5.76. The number of nitrogens with zero attached hydrogens (tertiary/aromatic N) is 8. The number of rotatable bonds is 9. The van der Waals surface area contributed by atoms with Crippen molar-refractivity contribution in [2.75, 3.05) is 33.0 Å². The number of pyridine rings is 1. The number of hydrogen-bond donors (Lipinski definition) is 1. The average molecular weight is 470 g/mol. The number of nitrogen functional groups attached to an aromatic ring is 1. The zero-order chi connectivity index (χ0) is 24.2. The van der Waals surface area contributed by atoms with Crippen LogP contribution in [0.15, 0.2) is 36.8 Å². The maximum absolute atomic E-state index is 15.0. The fourth-order valence-electron chi connectivity index (χ4n) is 3.33. The Balaban J connectivity index is 1.68. The van der Waals surface area contributed by atoms with E-state index < -0.39 is 11.6 Å². The summed E-state index contributed by atoms with van der Waals surface area (Å²) in [5, 5.41) is 15.8. The Morgan fingerprint density at radius 3 is 2.71 bits per heavy atom. The van der Waals surface area contributed by atoms with Gasteiger partial charge in [0.1, 0.15) is 18.1 Å². The predicted molar refractivity (Wildman–Crippen MR) is 122 cm³/mol. The number of nitrogens with two attached hydrogens (primary N) is 1. The molecule has 0 spiro atoms. The summed E-state index contributed by atoms with van der Waals surface area (Å²) in [4.78, 5) is 6.12. The molecular formula is C22H25F2N9O. The molecule has 0 aliphatic heterocycles. The quantitative estimate of drug-likeness (QED) is 0.398. The van der Waals surface area contributed by atoms with Crippen LogP contribution < -0.4 is 10.5 Å². The highest BCUT2D eigenvalue weighted by Gasteiger charge is 2.22. The molecule has 0 atom stereocenters. The number of aromatic nitrogens is 7. The van der Waals surface area contributed by atoms with E-state index in [1.165, 1.54) is 12.1 Å². The summed E-state index contributed by atoms with van der Waals surface area (Å²) in [5.41, 5.74) is 7.85. The Morgan fingerprint density at radius 1 is 1.12 bits per heavy atom. The van der Waals surface area contributed by atoms with Gasteiger partial charge >= 0.3 is 0 Å². The second kappa shape index (κ2) is 9.91. The molecule has 0 aliphatic rings. The molecule has 4 aromatic rings. The van der Waals surface area contributed by atoms with Crippen molar-refractivity contribution in [3.8, 4) is 34.0 Å². The summed E-state index contributed by atoms with van der Waals surface area (Å²) in [6.07, 6.45) is 6.18. The van der Waals surface area contributed by atoms with E-state index in [0.717, 1.165) is 28.8 Å². The summed E-state index contributed by atoms with van der Waals surface area (Å²) in [6, 6.07) is 4.44. The van der Waals surface area contributed by atoms with Crippen molar-refractivity contribution >= 4 is 5.82 Å². The van der Waals surface area contributed by atoms with Gasteiger partial charge < -0.3 is 15.4 Å². The number of tetrazole rings is 1. The molecule has 0 radical (unpaired) electrons. The van der Waals surface area contributed by atoms with E-state index in [1.54, 1.807) is 18.5 Å². The lowest BCUT2D eigenvalue weighted by Gasteiger charge is -2.13. The van der Waals surface area contributed by atoms with Crippen molar-refractivity contribution in [1.29, 1.82) is 0 Å². The van der Waals surface area contributed by atoms with Gasteiger partial charge in [-0.15, -0.1) is 5.10 Å². The van der Waals surface area contributed by atoms with Gasteiger partial charge in [-0.25, -0.2) is 9.37 Å². The second-order valence-electron chi connectivity index (χ2n) is 7.93. The molecule has 1 aromatic carbocycles. The van der Waals surface area contributed by atoms with Crippen molar-refractivity contribution in [2.45, 2.75) is 19.9 Å². The molecule has 2 N–H and O–H groups in total. The number of anilines is 1. The lowest BCUT2D eigenvalue weighted by Crippen LogP contribution is -2.20. The maximum Gasteiger partial charge on any atom is 0.202 e. The van der Waals surface area contributed by atoms with Crippen molar-refractivity contribution in [1.82, 2.24) is 39.9 Å². The van der Waals surface area contributed by atoms with E-state index in [2.05, 4.69) is 32.5 Å². The van der Waals surface area contributed by atoms with Crippen LogP contribution in [0.5, 0.6) is 5.75 Å². The standard InChI is InChI=1S/C22H25F2N9O/c1-4-7-32-13-15(12-27-32)14-10-16(21(25)26-11-14)22-28-29-30-33(22)17-5-6-18(20(24)19(17)23)34-9-8-31(2)3/h5-6,10-13H,4,7-9H2,1-3H3,(H2,25,26). The monoisotopic (exact) mass is 469 g/mol. The molecule has 34 heavy (non-hydrogen) atoms. The van der Waals surface area contributed by atoms with Crippen LogP contribution in [-0.2, 0) is 6.54 Å². The van der Waals surface area contributed by atoms with Crippen LogP contribution in [0.4, 0.5) is 14.6 Å². The van der Waals surface area contributed by atoms with Crippen LogP contribution in [0.2, 0.25) is 0 Å². The maximum atomic E-state index is 15.0. The highest BCUT2D eigenvalue weighted by atomic mass is 19.2. The largest absolute Gasteiger partial charge is 0.489 e. The molecule has 178 valence electrons. The van der Waals surface area contributed by atoms with Crippen LogP contribution in [0.1, 0.15) is 13.3 Å². The molecule has 4 rings (SSSR count). The molecule has 0 saturated heterocycles. The van der Waals surface area contributed by atoms with Gasteiger partial charge in [-0.3, -0.25) is 4.68 Å². The van der Waals surface area contributed by atoms with Gasteiger partial charge in [0.15, 0.2) is 17.4 Å². The zero-order valence-corrected chi connectivity index (χ0v) is 19.1. The first-order valence-corrected chi connectivity index (χ1v) is 10.7. The minimum atomic E-state index is -1.14. The zero-order valence-electron chi connectivity index (χ0n) is 19.1. The van der Waals surface area contributed by atoms with E-state index in [1.807, 2.05) is 29.9 Å². The summed E-state index contributed by atoms with van der Waals surface area (Å²) in [5.74, 6) is -2.19. The molecule has 0 fully saturated rings. The normalized spacial score (nSPS) is 11.4. The van der Waals surface area contributed by atoms with Crippen molar-refractivity contribution in [3.05, 3.63) is 48.4 Å². The molecule has 0 amide bonds. The van der Waals surface area contributed by atoms with Gasteiger partial charge in [0.2, 0.25) is 5.82 Å². The van der Waals surface area contributed by atoms with Gasteiger partial charge in [-0.2, -0.15) is 14.2 Å². The topological polar surface area (TPSA) is 113 Å². The molecule has 3 heterocycles. The van der Waals surface area contributed by atoms with Crippen molar-refractivity contribution < 1.29 is 13.5 Å². The molecule has 10 nitrogen and oxygen atoms in total. The molecule has 3 aromatic heterocycles. The van der Waals surface area contributed by atoms with E-state index in [9.17, 15) is 8.78 Å². The Hall–Kier alpha value is -3.93. The van der Waals surface area contributed by atoms with Crippen LogP contribution in [-0.4, -0.2) is 67.1 Å². The lowest BCUT2D eigenvalue weighted by atomic mass is 10.1. The Kier molecular flexibility index (Phi) is 6.77. The first-order valence-electron chi connectivity index (χ1n) is 10.7. The predicted octanol–water partition coefficient (Wildman–Crippen LogP) is 2.80. The number of aryl methyl sites for hydroxylation is 1. The molecule has 0 aliphatic carbocycles. The first-order chi connectivity index (χ1) is 16.4. The van der Waals surface area contributed by atoms with Crippen LogP contribution in [0, 0.1) is 11.6 Å². The van der Waals surface area contributed by atoms with Gasteiger partial charge in [0, 0.05) is 36.6 Å². The summed E-state index contributed by atoms with van der Waals surface area (Å²) >= 11 is 0. The third-order valence-corrected chi connectivity index (χ3v) is 5.10. The molecule has 0 unspecified atom stereocenters. The smallest absolute Gasteiger partial charge is 0.202 e. The first kappa shape index (κ1) is 23.2. The van der Waals surface area contributed by atoms with E-state index in [0.29, 0.717) is 12.1 Å². The van der Waals surface area contributed by atoms with Gasteiger partial charge in [-0.05, 0) is 49.1 Å². The van der Waals surface area contributed by atoms with E-state index in [4.69, 9.17) is 10.5 Å². The van der Waals surface area contributed by atoms with Crippen molar-refractivity contribution in [2.24, 2.45) is 0 Å². The molecule has 0 saturated carbocycles. The lowest BCUT2D eigenvalue weighted by molar-refractivity contribution is 0.249. The minimum absolute atomic E-state index is 0.118. The Labute approximate surface area is 195 Å². The van der Waals surface area contributed by atoms with Crippen LogP contribution in [0.25, 0.3) is 28.2 Å². The summed E-state index contributed by atoms with van der Waals surface area (Å²) in [7, 11) is 3.71. The van der Waals surface area contributed by atoms with Crippen molar-refractivity contribution in [3.63, 3.8) is 0 Å². The number of ether oxygens (including phenoxy) is 1. The summed E-state index contributed by atoms with van der Waals surface area (Å²) in [6.45, 7) is 3.62. The third-order valence-electron chi connectivity index (χ3n) is 5.10. The summed E-state index contributed by atoms with van der Waals surface area (Å²) < 4.78 is 38.0. The fourth-order valence-corrected chi connectivity index (χ4v) is 3.33. The van der Waals surface area contributed by atoms with E-state index >= 15 is 0 Å². The van der Waals surface area contributed by atoms with Crippen LogP contribution >= 0.6 is 0 Å². The number of halogens is 2. The average Bonchev–Trinajstić information content (AvgIpc) is 3.47. The minimum Gasteiger partial charge on any atom is -0.489 e. The Bertz CT molecular complexity index is 1290. The molecular weight excluding hydrogens is 444 g/mol. The number of likely N-dealkylation sites (N-methyl/N-ethyl adjacent to an activating group) is 1. The molecule has 12 heteroatoms. The number of hydrogen-bond acceptors (Lipinski definition) is 8. The Morgan fingerprint density at radius 2 is 1.94 bits per heavy atom. The highest BCUT2D eigenvalue weighted by Crippen LogP contribution is 2.31. The van der Waals surface area contributed by atoms with E-state index in [-0.39, 0.29) is 29.7 Å². The van der Waals surface area contributed by atoms with Gasteiger partial charge in [0.25, 0.3) is 0 Å². The van der Waals surface area contributed by atoms with Crippen LogP contribution in [0.3, 0.4) is 0 Å². The molecule has 0 bridgehead atoms. The second-order valence-corrected chi connectivity index (χ2v) is 7.93. The SMILES string of the molecule is CCCn1cc(-c2cnc(N)c(-c3nnnn3-c3ccc(OCCN(C)C)c(F)c3F)c2)cn1.